The van der Waals surface area contributed by atoms with Gasteiger partial charge in [-0.2, -0.15) is 4.31 Å². The van der Waals surface area contributed by atoms with E-state index in [0.29, 0.717) is 6.54 Å². The second-order valence-electron chi connectivity index (χ2n) is 4.92. The Morgan fingerprint density at radius 1 is 1.30 bits per heavy atom. The lowest BCUT2D eigenvalue weighted by Crippen LogP contribution is -2.38. The number of anilines is 1. The van der Waals surface area contributed by atoms with Crippen LogP contribution in [-0.2, 0) is 10.0 Å². The Bertz CT molecular complexity index is 599. The van der Waals surface area contributed by atoms with Crippen molar-refractivity contribution >= 4 is 38.9 Å². The zero-order chi connectivity index (χ0) is 14.9. The third kappa shape index (κ3) is 2.77. The predicted molar refractivity (Wildman–Crippen MR) is 82.7 cm³/mol. The molecule has 4 nitrogen and oxygen atoms in total. The molecular weight excluding hydrogens is 319 g/mol. The molecule has 0 amide bonds. The summed E-state index contributed by atoms with van der Waals surface area (Å²) in [5.74, 6) is 0. The number of nitrogens with two attached hydrogens (primary N) is 1. The summed E-state index contributed by atoms with van der Waals surface area (Å²) < 4.78 is 27.1. The summed E-state index contributed by atoms with van der Waals surface area (Å²) in [5.41, 5.74) is 5.84. The van der Waals surface area contributed by atoms with Gasteiger partial charge in [-0.25, -0.2) is 8.42 Å². The highest BCUT2D eigenvalue weighted by molar-refractivity contribution is 7.89. The second kappa shape index (κ2) is 6.10. The van der Waals surface area contributed by atoms with Gasteiger partial charge in [0.15, 0.2) is 0 Å². The fraction of sp³-hybridized carbons (Fsp3) is 0.538. The van der Waals surface area contributed by atoms with Crippen molar-refractivity contribution in [1.29, 1.82) is 0 Å². The monoisotopic (exact) mass is 336 g/mol. The predicted octanol–water partition coefficient (Wildman–Crippen LogP) is 3.53. The molecule has 112 valence electrons. The third-order valence-corrected chi connectivity index (χ3v) is 6.64. The van der Waals surface area contributed by atoms with Gasteiger partial charge >= 0.3 is 0 Å². The smallest absolute Gasteiger partial charge is 0.244 e. The van der Waals surface area contributed by atoms with E-state index in [0.717, 1.165) is 25.7 Å². The van der Waals surface area contributed by atoms with E-state index in [1.807, 2.05) is 6.92 Å². The molecule has 0 atom stereocenters. The van der Waals surface area contributed by atoms with Gasteiger partial charge in [-0.3, -0.25) is 0 Å². The van der Waals surface area contributed by atoms with Crippen molar-refractivity contribution in [2.24, 2.45) is 0 Å². The van der Waals surface area contributed by atoms with Crippen LogP contribution in [0.1, 0.15) is 32.6 Å². The number of sulfonamides is 1. The number of hydrogen-bond acceptors (Lipinski definition) is 3. The number of hydrogen-bond donors (Lipinski definition) is 1. The van der Waals surface area contributed by atoms with E-state index in [1.165, 1.54) is 16.4 Å². The van der Waals surface area contributed by atoms with Gasteiger partial charge in [-0.15, -0.1) is 0 Å². The van der Waals surface area contributed by atoms with Gasteiger partial charge in [0, 0.05) is 12.6 Å². The first-order valence-electron chi connectivity index (χ1n) is 6.65. The number of nitrogen functional groups attached to an aromatic ring is 1. The molecule has 1 aromatic rings. The summed E-state index contributed by atoms with van der Waals surface area (Å²) in [7, 11) is -3.64. The summed E-state index contributed by atoms with van der Waals surface area (Å²) in [4.78, 5) is 0.0369. The van der Waals surface area contributed by atoms with E-state index in [2.05, 4.69) is 0 Å². The van der Waals surface area contributed by atoms with E-state index >= 15 is 0 Å². The Morgan fingerprint density at radius 2 is 1.90 bits per heavy atom. The van der Waals surface area contributed by atoms with Crippen LogP contribution in [0.25, 0.3) is 0 Å². The highest BCUT2D eigenvalue weighted by Crippen LogP contribution is 2.36. The first-order valence-corrected chi connectivity index (χ1v) is 8.84. The minimum Gasteiger partial charge on any atom is -0.396 e. The molecule has 0 heterocycles. The van der Waals surface area contributed by atoms with Crippen LogP contribution in [0, 0.1) is 0 Å². The SMILES string of the molecule is CCN(C1CCCC1)S(=O)(=O)c1ccc(Cl)c(N)c1Cl. The van der Waals surface area contributed by atoms with E-state index in [1.54, 1.807) is 0 Å². The van der Waals surface area contributed by atoms with Gasteiger partial charge in [0.05, 0.1) is 15.7 Å². The van der Waals surface area contributed by atoms with Crippen LogP contribution in [0.15, 0.2) is 17.0 Å². The van der Waals surface area contributed by atoms with Crippen LogP contribution in [0.5, 0.6) is 0 Å². The average molecular weight is 337 g/mol. The van der Waals surface area contributed by atoms with Crippen LogP contribution in [0.2, 0.25) is 10.0 Å². The standard InChI is InChI=1S/C13H18Cl2N2O2S/c1-2-17(9-5-3-4-6-9)20(18,19)11-8-7-10(14)13(16)12(11)15/h7-9H,2-6,16H2,1H3. The molecule has 0 radical (unpaired) electrons. The molecule has 0 unspecified atom stereocenters. The summed E-state index contributed by atoms with van der Waals surface area (Å²) >= 11 is 11.9. The van der Waals surface area contributed by atoms with Crippen LogP contribution >= 0.6 is 23.2 Å². The molecule has 0 aliphatic heterocycles. The van der Waals surface area contributed by atoms with E-state index in [-0.39, 0.29) is 26.7 Å². The van der Waals surface area contributed by atoms with Gasteiger partial charge in [0.1, 0.15) is 4.90 Å². The molecule has 2 rings (SSSR count). The van der Waals surface area contributed by atoms with Crippen molar-refractivity contribution in [1.82, 2.24) is 4.31 Å². The molecule has 7 heteroatoms. The second-order valence-corrected chi connectivity index (χ2v) is 7.56. The van der Waals surface area contributed by atoms with E-state index in [4.69, 9.17) is 28.9 Å². The molecule has 1 aliphatic rings. The topological polar surface area (TPSA) is 63.4 Å². The van der Waals surface area contributed by atoms with E-state index in [9.17, 15) is 8.42 Å². The first kappa shape index (κ1) is 15.9. The van der Waals surface area contributed by atoms with Crippen molar-refractivity contribution in [2.75, 3.05) is 12.3 Å². The fourth-order valence-electron chi connectivity index (χ4n) is 2.69. The first-order chi connectivity index (χ1) is 9.39. The van der Waals surface area contributed by atoms with Gasteiger partial charge in [0.2, 0.25) is 10.0 Å². The molecule has 1 aliphatic carbocycles. The largest absolute Gasteiger partial charge is 0.396 e. The third-order valence-electron chi connectivity index (χ3n) is 3.72. The molecule has 0 saturated heterocycles. The Labute approximate surface area is 129 Å². The molecule has 1 aromatic carbocycles. The average Bonchev–Trinajstić information content (AvgIpc) is 2.90. The molecule has 2 N–H and O–H groups in total. The molecule has 0 bridgehead atoms. The summed E-state index contributed by atoms with van der Waals surface area (Å²) in [5, 5.41) is 0.270. The molecule has 1 fully saturated rings. The van der Waals surface area contributed by atoms with Gasteiger partial charge in [-0.1, -0.05) is 43.0 Å². The number of halogens is 2. The lowest BCUT2D eigenvalue weighted by Gasteiger charge is -2.27. The van der Waals surface area contributed by atoms with Crippen LogP contribution in [-0.4, -0.2) is 25.3 Å². The molecule has 0 aromatic heterocycles. The highest BCUT2D eigenvalue weighted by Gasteiger charge is 2.33. The van der Waals surface area contributed by atoms with Crippen molar-refractivity contribution < 1.29 is 8.42 Å². The Kier molecular flexibility index (Phi) is 4.84. The molecule has 0 spiro atoms. The quantitative estimate of drug-likeness (QED) is 0.855. The normalized spacial score (nSPS) is 17.0. The van der Waals surface area contributed by atoms with Crippen molar-refractivity contribution in [3.05, 3.63) is 22.2 Å². The van der Waals surface area contributed by atoms with Crippen molar-refractivity contribution in [3.63, 3.8) is 0 Å². The zero-order valence-corrected chi connectivity index (χ0v) is 13.6. The Hall–Kier alpha value is -0.490. The Balaban J connectivity index is 2.46. The maximum Gasteiger partial charge on any atom is 0.244 e. The number of benzene rings is 1. The summed E-state index contributed by atoms with van der Waals surface area (Å²) in [6.07, 6.45) is 3.92. The number of rotatable bonds is 4. The zero-order valence-electron chi connectivity index (χ0n) is 11.3. The van der Waals surface area contributed by atoms with Gasteiger partial charge in [-0.05, 0) is 25.0 Å². The van der Waals surface area contributed by atoms with Crippen LogP contribution in [0.3, 0.4) is 0 Å². The maximum atomic E-state index is 12.8. The summed E-state index contributed by atoms with van der Waals surface area (Å²) in [6, 6.07) is 2.95. The van der Waals surface area contributed by atoms with Crippen molar-refractivity contribution in [2.45, 2.75) is 43.5 Å². The van der Waals surface area contributed by atoms with Crippen LogP contribution < -0.4 is 5.73 Å². The molecular formula is C13H18Cl2N2O2S. The lowest BCUT2D eigenvalue weighted by atomic mass is 10.2. The maximum absolute atomic E-state index is 12.8. The lowest BCUT2D eigenvalue weighted by molar-refractivity contribution is 0.335. The van der Waals surface area contributed by atoms with Crippen molar-refractivity contribution in [3.8, 4) is 0 Å². The molecule has 1 saturated carbocycles. The van der Waals surface area contributed by atoms with E-state index < -0.39 is 10.0 Å². The molecule has 20 heavy (non-hydrogen) atoms. The summed E-state index contributed by atoms with van der Waals surface area (Å²) in [6.45, 7) is 2.26. The van der Waals surface area contributed by atoms with Gasteiger partial charge < -0.3 is 5.73 Å². The van der Waals surface area contributed by atoms with Gasteiger partial charge in [0.25, 0.3) is 0 Å². The number of nitrogens with zero attached hydrogens (tertiary/aromatic N) is 1. The highest BCUT2D eigenvalue weighted by atomic mass is 35.5. The van der Waals surface area contributed by atoms with Crippen LogP contribution in [0.4, 0.5) is 5.69 Å². The minimum absolute atomic E-state index is 0.00828. The fourth-order valence-corrected chi connectivity index (χ4v) is 5.13. The minimum atomic E-state index is -3.64. The Morgan fingerprint density at radius 3 is 2.45 bits per heavy atom.